The van der Waals surface area contributed by atoms with Gasteiger partial charge in [-0.1, -0.05) is 49.4 Å². The fourth-order valence-electron chi connectivity index (χ4n) is 5.36. The Bertz CT molecular complexity index is 1340. The third-order valence-corrected chi connectivity index (χ3v) is 8.84. The van der Waals surface area contributed by atoms with Crippen molar-refractivity contribution in [3.8, 4) is 0 Å². The van der Waals surface area contributed by atoms with Crippen LogP contribution in [-0.4, -0.2) is 47.9 Å². The molecule has 2 aromatic carbocycles. The lowest BCUT2D eigenvalue weighted by Gasteiger charge is -2.32. The van der Waals surface area contributed by atoms with Gasteiger partial charge in [0.15, 0.2) is 0 Å². The second-order valence-electron chi connectivity index (χ2n) is 12.4. The summed E-state index contributed by atoms with van der Waals surface area (Å²) < 4.78 is 12.4. The lowest BCUT2D eigenvalue weighted by Crippen LogP contribution is -2.44. The van der Waals surface area contributed by atoms with Crippen molar-refractivity contribution in [2.24, 2.45) is 10.9 Å². The van der Waals surface area contributed by atoms with Gasteiger partial charge >= 0.3 is 7.12 Å². The quantitative estimate of drug-likeness (QED) is 0.550. The number of aliphatic imine (C=N–C) groups is 1. The van der Waals surface area contributed by atoms with Gasteiger partial charge in [0.1, 0.15) is 6.04 Å². The summed E-state index contributed by atoms with van der Waals surface area (Å²) in [7, 11) is -0.510. The molecule has 0 bridgehead atoms. The van der Waals surface area contributed by atoms with Crippen molar-refractivity contribution >= 4 is 35.8 Å². The molecule has 3 aliphatic rings. The van der Waals surface area contributed by atoms with Gasteiger partial charge in [-0.25, -0.2) is 0 Å². The minimum Gasteiger partial charge on any atom is -0.399 e. The van der Waals surface area contributed by atoms with Crippen molar-refractivity contribution < 1.29 is 18.9 Å². The lowest BCUT2D eigenvalue weighted by atomic mass is 9.78. The molecule has 2 amide bonds. The number of amides is 2. The molecule has 2 N–H and O–H groups in total. The van der Waals surface area contributed by atoms with Crippen LogP contribution in [0.1, 0.15) is 65.5 Å². The van der Waals surface area contributed by atoms with Crippen LogP contribution in [0.2, 0.25) is 0 Å². The van der Waals surface area contributed by atoms with Crippen LogP contribution in [0.3, 0.4) is 0 Å². The first-order chi connectivity index (χ1) is 18.9. The Balaban J connectivity index is 1.29. The van der Waals surface area contributed by atoms with Crippen LogP contribution in [-0.2, 0) is 31.7 Å². The number of anilines is 1. The van der Waals surface area contributed by atoms with Crippen molar-refractivity contribution in [2.75, 3.05) is 5.32 Å². The molecular formula is C32H40BN3O4. The van der Waals surface area contributed by atoms with E-state index in [-0.39, 0.29) is 23.8 Å². The number of nitrogens with one attached hydrogen (secondary N) is 2. The molecule has 0 saturated carbocycles. The summed E-state index contributed by atoms with van der Waals surface area (Å²) in [5, 5.41) is 6.08. The van der Waals surface area contributed by atoms with Gasteiger partial charge < -0.3 is 19.9 Å². The molecule has 7 nitrogen and oxygen atoms in total. The van der Waals surface area contributed by atoms with E-state index < -0.39 is 24.4 Å². The summed E-state index contributed by atoms with van der Waals surface area (Å²) in [5.41, 5.74) is 4.44. The summed E-state index contributed by atoms with van der Waals surface area (Å²) in [6.07, 6.45) is 4.38. The zero-order valence-electron chi connectivity index (χ0n) is 24.4. The van der Waals surface area contributed by atoms with E-state index in [0.717, 1.165) is 28.0 Å². The number of fused-ring (bicyclic) bond motifs is 1. The fourth-order valence-corrected chi connectivity index (χ4v) is 5.36. The van der Waals surface area contributed by atoms with Gasteiger partial charge in [0.05, 0.1) is 17.2 Å². The van der Waals surface area contributed by atoms with Crippen molar-refractivity contribution in [1.29, 1.82) is 0 Å². The number of carbonyl (C=O) groups is 2. The normalized spacial score (nSPS) is 25.6. The number of rotatable bonds is 5. The minimum absolute atomic E-state index is 0.106. The first-order valence-corrected chi connectivity index (χ1v) is 14.3. The van der Waals surface area contributed by atoms with Crippen molar-refractivity contribution in [1.82, 2.24) is 5.32 Å². The third-order valence-electron chi connectivity index (χ3n) is 8.84. The second-order valence-corrected chi connectivity index (χ2v) is 12.4. The topological polar surface area (TPSA) is 89.0 Å². The van der Waals surface area contributed by atoms with Gasteiger partial charge in [0.25, 0.3) is 0 Å². The first-order valence-electron chi connectivity index (χ1n) is 14.3. The molecule has 0 radical (unpaired) electrons. The molecule has 40 heavy (non-hydrogen) atoms. The number of aryl methyl sites for hydroxylation is 1. The maximum absolute atomic E-state index is 13.5. The number of hydrogen-bond acceptors (Lipinski definition) is 5. The Kier molecular flexibility index (Phi) is 7.77. The van der Waals surface area contributed by atoms with Gasteiger partial charge in [0.2, 0.25) is 11.8 Å². The Hall–Kier alpha value is -3.23. The number of nitrogens with zero attached hydrogens (tertiary/aromatic N) is 1. The molecule has 210 valence electrons. The van der Waals surface area contributed by atoms with E-state index in [4.69, 9.17) is 14.3 Å². The number of benzene rings is 2. The van der Waals surface area contributed by atoms with Crippen molar-refractivity contribution in [3.63, 3.8) is 0 Å². The molecule has 3 unspecified atom stereocenters. The molecule has 3 atom stereocenters. The SMILES string of the molecule is CC1CC(C(=O)NC2CCc3ccc(B4OC(C)(C)C(C)(C)O4)cc3NC2=O)=CC(Cc2ccccc2)=NC1C. The summed E-state index contributed by atoms with van der Waals surface area (Å²) in [6.45, 7) is 12.3. The number of hydrogen-bond donors (Lipinski definition) is 2. The summed E-state index contributed by atoms with van der Waals surface area (Å²) in [6, 6.07) is 15.6. The second kappa shape index (κ2) is 11.0. The van der Waals surface area contributed by atoms with E-state index in [1.54, 1.807) is 0 Å². The molecule has 2 aromatic rings. The number of carbonyl (C=O) groups excluding carboxylic acids is 2. The Morgan fingerprint density at radius 1 is 1.07 bits per heavy atom. The smallest absolute Gasteiger partial charge is 0.399 e. The Labute approximate surface area is 238 Å². The molecule has 1 saturated heterocycles. The maximum atomic E-state index is 13.5. The van der Waals surface area contributed by atoms with Crippen LogP contribution in [0.25, 0.3) is 0 Å². The number of allylic oxidation sites excluding steroid dienone is 1. The predicted octanol–water partition coefficient (Wildman–Crippen LogP) is 4.39. The summed E-state index contributed by atoms with van der Waals surface area (Å²) in [4.78, 5) is 31.7. The predicted molar refractivity (Wildman–Crippen MR) is 160 cm³/mol. The van der Waals surface area contributed by atoms with Crippen LogP contribution in [0.5, 0.6) is 0 Å². The van der Waals surface area contributed by atoms with E-state index in [1.165, 1.54) is 0 Å². The van der Waals surface area contributed by atoms with Gasteiger partial charge in [-0.15, -0.1) is 0 Å². The summed E-state index contributed by atoms with van der Waals surface area (Å²) >= 11 is 0. The Morgan fingerprint density at radius 2 is 1.77 bits per heavy atom. The van der Waals surface area contributed by atoms with Crippen LogP contribution < -0.4 is 16.1 Å². The third kappa shape index (κ3) is 5.93. The first kappa shape index (κ1) is 28.3. The molecule has 3 heterocycles. The van der Waals surface area contributed by atoms with Crippen LogP contribution in [0.4, 0.5) is 5.69 Å². The van der Waals surface area contributed by atoms with Crippen LogP contribution in [0, 0.1) is 5.92 Å². The standard InChI is InChI=1S/C32H40BN3O4/c1-20-16-24(18-26(34-21(20)2)17-22-10-8-7-9-11-22)29(37)35-27-15-13-23-12-14-25(19-28(23)36-30(27)38)33-39-31(3,4)32(5,6)40-33/h7-12,14,18-21,27H,13,15-17H2,1-6H3,(H,35,37)(H,36,38). The van der Waals surface area contributed by atoms with Crippen LogP contribution in [0.15, 0.2) is 65.2 Å². The van der Waals surface area contributed by atoms with Crippen molar-refractivity contribution in [3.05, 3.63) is 71.3 Å². The molecule has 5 rings (SSSR count). The van der Waals surface area contributed by atoms with E-state index in [9.17, 15) is 9.59 Å². The Morgan fingerprint density at radius 3 is 2.48 bits per heavy atom. The maximum Gasteiger partial charge on any atom is 0.494 e. The van der Waals surface area contributed by atoms with E-state index in [1.807, 2.05) is 70.2 Å². The van der Waals surface area contributed by atoms with E-state index >= 15 is 0 Å². The highest BCUT2D eigenvalue weighted by molar-refractivity contribution is 6.62. The van der Waals surface area contributed by atoms with Crippen molar-refractivity contribution in [2.45, 2.75) is 90.5 Å². The minimum atomic E-state index is -0.633. The highest BCUT2D eigenvalue weighted by atomic mass is 16.7. The average molecular weight is 542 g/mol. The molecule has 0 spiro atoms. The van der Waals surface area contributed by atoms with E-state index in [0.29, 0.717) is 31.3 Å². The molecular weight excluding hydrogens is 501 g/mol. The van der Waals surface area contributed by atoms with Crippen LogP contribution >= 0.6 is 0 Å². The largest absolute Gasteiger partial charge is 0.494 e. The highest BCUT2D eigenvalue weighted by Gasteiger charge is 2.51. The van der Waals surface area contributed by atoms with Gasteiger partial charge in [0, 0.05) is 23.4 Å². The van der Waals surface area contributed by atoms with Gasteiger partial charge in [-0.05, 0) is 88.5 Å². The van der Waals surface area contributed by atoms with E-state index in [2.05, 4.69) is 36.6 Å². The highest BCUT2D eigenvalue weighted by Crippen LogP contribution is 2.37. The molecule has 0 aromatic heterocycles. The molecule has 1 fully saturated rings. The average Bonchev–Trinajstić information content (AvgIpc) is 2.99. The molecule has 3 aliphatic heterocycles. The summed E-state index contributed by atoms with van der Waals surface area (Å²) in [5.74, 6) is -0.205. The fraction of sp³-hybridized carbons (Fsp3) is 0.469. The molecule has 0 aliphatic carbocycles. The lowest BCUT2D eigenvalue weighted by molar-refractivity contribution is -0.124. The van der Waals surface area contributed by atoms with Gasteiger partial charge in [-0.2, -0.15) is 0 Å². The van der Waals surface area contributed by atoms with Gasteiger partial charge in [-0.3, -0.25) is 14.6 Å². The zero-order valence-corrected chi connectivity index (χ0v) is 24.4. The molecule has 8 heteroatoms. The zero-order chi connectivity index (χ0) is 28.7. The monoisotopic (exact) mass is 541 g/mol.